The summed E-state index contributed by atoms with van der Waals surface area (Å²) in [5, 5.41) is 9.38. The monoisotopic (exact) mass is 414 g/mol. The number of benzene rings is 2. The minimum Gasteiger partial charge on any atom is -0.478 e. The largest absolute Gasteiger partial charge is 0.478 e. The molecule has 0 radical (unpaired) electrons. The van der Waals surface area contributed by atoms with E-state index in [1.165, 1.54) is 47.9 Å². The molecule has 0 saturated heterocycles. The lowest BCUT2D eigenvalue weighted by atomic mass is 9.62. The van der Waals surface area contributed by atoms with Crippen LogP contribution in [0, 0.1) is 12.8 Å². The van der Waals surface area contributed by atoms with Crippen LogP contribution in [0.1, 0.15) is 98.0 Å². The first-order valence-corrected chi connectivity index (χ1v) is 11.8. The van der Waals surface area contributed by atoms with Gasteiger partial charge < -0.3 is 5.11 Å². The average Bonchev–Trinajstić information content (AvgIpc) is 3.34. The van der Waals surface area contributed by atoms with Crippen LogP contribution in [0.5, 0.6) is 0 Å². The third-order valence-electron chi connectivity index (χ3n) is 8.59. The molecular formula is C29H34O2. The van der Waals surface area contributed by atoms with Crippen LogP contribution in [-0.4, -0.2) is 11.1 Å². The smallest absolute Gasteiger partial charge is 0.335 e. The molecule has 2 unspecified atom stereocenters. The highest BCUT2D eigenvalue weighted by molar-refractivity contribution is 5.88. The van der Waals surface area contributed by atoms with Crippen LogP contribution in [0.4, 0.5) is 0 Å². The quantitative estimate of drug-likeness (QED) is 0.578. The Hall–Kier alpha value is -2.35. The average molecular weight is 415 g/mol. The maximum absolute atomic E-state index is 11.4. The molecule has 0 amide bonds. The second-order valence-electron chi connectivity index (χ2n) is 11.5. The molecule has 2 fully saturated rings. The van der Waals surface area contributed by atoms with Crippen molar-refractivity contribution in [2.75, 3.05) is 0 Å². The number of allylic oxidation sites excluding steroid dienone is 1. The molecule has 31 heavy (non-hydrogen) atoms. The highest BCUT2D eigenvalue weighted by Crippen LogP contribution is 2.68. The first kappa shape index (κ1) is 20.5. The number of aromatic carboxylic acids is 1. The molecule has 0 spiro atoms. The zero-order valence-electron chi connectivity index (χ0n) is 19.5. The van der Waals surface area contributed by atoms with E-state index >= 15 is 0 Å². The van der Waals surface area contributed by atoms with E-state index in [2.05, 4.69) is 52.8 Å². The maximum Gasteiger partial charge on any atom is 0.335 e. The van der Waals surface area contributed by atoms with Crippen molar-refractivity contribution in [3.8, 4) is 0 Å². The van der Waals surface area contributed by atoms with Gasteiger partial charge in [-0.25, -0.2) is 4.79 Å². The Morgan fingerprint density at radius 3 is 2.32 bits per heavy atom. The van der Waals surface area contributed by atoms with Crippen LogP contribution in [0.15, 0.2) is 42.0 Å². The van der Waals surface area contributed by atoms with Crippen LogP contribution < -0.4 is 0 Å². The molecule has 2 nitrogen and oxygen atoms in total. The van der Waals surface area contributed by atoms with Gasteiger partial charge in [-0.3, -0.25) is 0 Å². The number of carboxylic acids is 1. The van der Waals surface area contributed by atoms with Gasteiger partial charge in [0.2, 0.25) is 0 Å². The lowest BCUT2D eigenvalue weighted by Gasteiger charge is -2.43. The van der Waals surface area contributed by atoms with Gasteiger partial charge in [-0.2, -0.15) is 0 Å². The number of rotatable bonds is 3. The minimum absolute atomic E-state index is 0.163. The molecule has 2 saturated carbocycles. The fraction of sp³-hybridized carbons (Fsp3) is 0.483. The second kappa shape index (κ2) is 6.58. The van der Waals surface area contributed by atoms with Gasteiger partial charge in [0, 0.05) is 5.41 Å². The summed E-state index contributed by atoms with van der Waals surface area (Å²) in [6.07, 6.45) is 8.36. The van der Waals surface area contributed by atoms with Crippen molar-refractivity contribution in [1.82, 2.24) is 0 Å². The van der Waals surface area contributed by atoms with E-state index < -0.39 is 5.97 Å². The van der Waals surface area contributed by atoms with E-state index in [1.54, 1.807) is 11.6 Å². The van der Waals surface area contributed by atoms with Crippen molar-refractivity contribution in [1.29, 1.82) is 0 Å². The lowest BCUT2D eigenvalue weighted by Crippen LogP contribution is -2.34. The van der Waals surface area contributed by atoms with Crippen LogP contribution in [0.2, 0.25) is 0 Å². The molecule has 3 aliphatic rings. The summed E-state index contributed by atoms with van der Waals surface area (Å²) in [6, 6.07) is 12.4. The normalized spacial score (nSPS) is 28.8. The molecule has 2 aromatic carbocycles. The van der Waals surface area contributed by atoms with Gasteiger partial charge in [0.1, 0.15) is 0 Å². The zero-order valence-corrected chi connectivity index (χ0v) is 19.5. The highest BCUT2D eigenvalue weighted by atomic mass is 16.4. The van der Waals surface area contributed by atoms with E-state index in [1.807, 2.05) is 18.2 Å². The summed E-state index contributed by atoms with van der Waals surface area (Å²) >= 11 is 0. The Kier molecular flexibility index (Phi) is 4.36. The molecule has 162 valence electrons. The summed E-state index contributed by atoms with van der Waals surface area (Å²) in [5.74, 6) is -0.126. The van der Waals surface area contributed by atoms with E-state index in [9.17, 15) is 9.90 Å². The molecule has 3 aliphatic carbocycles. The molecule has 2 atom stereocenters. The van der Waals surface area contributed by atoms with Gasteiger partial charge in [-0.1, -0.05) is 63.6 Å². The van der Waals surface area contributed by atoms with Crippen LogP contribution >= 0.6 is 0 Å². The van der Waals surface area contributed by atoms with Crippen molar-refractivity contribution in [3.63, 3.8) is 0 Å². The highest BCUT2D eigenvalue weighted by Gasteiger charge is 2.61. The number of carboxylic acid groups (broad SMARTS) is 1. The van der Waals surface area contributed by atoms with E-state index in [0.29, 0.717) is 5.56 Å². The number of aryl methyl sites for hydroxylation is 1. The number of fused-ring (bicyclic) bond motifs is 2. The predicted octanol–water partition coefficient (Wildman–Crippen LogP) is 7.18. The molecular weight excluding hydrogens is 380 g/mol. The Labute approximate surface area is 186 Å². The minimum atomic E-state index is -0.860. The fourth-order valence-corrected chi connectivity index (χ4v) is 6.49. The van der Waals surface area contributed by atoms with Gasteiger partial charge in [-0.15, -0.1) is 0 Å². The lowest BCUT2D eigenvalue weighted by molar-refractivity contribution is 0.0697. The summed E-state index contributed by atoms with van der Waals surface area (Å²) < 4.78 is 0. The molecule has 2 aromatic rings. The predicted molar refractivity (Wildman–Crippen MR) is 127 cm³/mol. The Balaban J connectivity index is 1.62. The topological polar surface area (TPSA) is 37.3 Å². The van der Waals surface area contributed by atoms with Gasteiger partial charge in [0.15, 0.2) is 0 Å². The van der Waals surface area contributed by atoms with Gasteiger partial charge >= 0.3 is 5.97 Å². The Morgan fingerprint density at radius 1 is 1.00 bits per heavy atom. The maximum atomic E-state index is 11.4. The van der Waals surface area contributed by atoms with E-state index in [4.69, 9.17) is 0 Å². The van der Waals surface area contributed by atoms with Crippen molar-refractivity contribution in [2.24, 2.45) is 5.92 Å². The van der Waals surface area contributed by atoms with Crippen LogP contribution in [-0.2, 0) is 16.2 Å². The van der Waals surface area contributed by atoms with Gasteiger partial charge in [0.25, 0.3) is 0 Å². The molecule has 0 aliphatic heterocycles. The van der Waals surface area contributed by atoms with Crippen LogP contribution in [0.3, 0.4) is 0 Å². The number of carbonyl (C=O) groups is 1. The van der Waals surface area contributed by atoms with Gasteiger partial charge in [0.05, 0.1) is 5.56 Å². The molecule has 1 N–H and O–H groups in total. The number of hydrogen-bond donors (Lipinski definition) is 1. The van der Waals surface area contributed by atoms with Crippen molar-refractivity contribution in [3.05, 3.63) is 75.4 Å². The summed E-state index contributed by atoms with van der Waals surface area (Å²) in [7, 11) is 0. The summed E-state index contributed by atoms with van der Waals surface area (Å²) in [4.78, 5) is 11.4. The molecule has 0 heterocycles. The van der Waals surface area contributed by atoms with Crippen molar-refractivity contribution >= 4 is 12.0 Å². The first-order chi connectivity index (χ1) is 14.5. The Bertz CT molecular complexity index is 1120. The second-order valence-corrected chi connectivity index (χ2v) is 11.5. The SMILES string of the molecule is Cc1cc2c(cc1C13CC1CC/C3=C\c1cccc(C(=O)O)c1)C(C)(C)CCC2(C)C. The van der Waals surface area contributed by atoms with Gasteiger partial charge in [-0.05, 0) is 95.7 Å². The molecule has 0 aromatic heterocycles. The van der Waals surface area contributed by atoms with Crippen molar-refractivity contribution < 1.29 is 9.90 Å². The third kappa shape index (κ3) is 3.10. The van der Waals surface area contributed by atoms with E-state index in [-0.39, 0.29) is 16.2 Å². The number of hydrogen-bond acceptors (Lipinski definition) is 1. The first-order valence-electron chi connectivity index (χ1n) is 11.8. The molecule has 2 heteroatoms. The molecule has 0 bridgehead atoms. The van der Waals surface area contributed by atoms with Crippen LogP contribution in [0.25, 0.3) is 6.08 Å². The fourth-order valence-electron chi connectivity index (χ4n) is 6.49. The zero-order chi connectivity index (χ0) is 22.2. The molecule has 5 rings (SSSR count). The summed E-state index contributed by atoms with van der Waals surface area (Å²) in [6.45, 7) is 11.9. The van der Waals surface area contributed by atoms with E-state index in [0.717, 1.165) is 17.9 Å². The Morgan fingerprint density at radius 2 is 1.68 bits per heavy atom. The third-order valence-corrected chi connectivity index (χ3v) is 8.59. The van der Waals surface area contributed by atoms with Crippen molar-refractivity contribution in [2.45, 2.75) is 83.0 Å². The standard InChI is InChI=1S/C29H34O2/c1-18-13-24-25(28(4,5)12-11-27(24,2)3)16-23(18)29-17-22(29)10-9-21(29)15-19-7-6-8-20(14-19)26(30)31/h6-8,13-16,22H,9-12,17H2,1-5H3,(H,30,31)/b21-15+. The summed E-state index contributed by atoms with van der Waals surface area (Å²) in [5.41, 5.74) is 9.53.